The van der Waals surface area contributed by atoms with Crippen LogP contribution >= 0.6 is 23.1 Å². The van der Waals surface area contributed by atoms with Crippen LogP contribution in [-0.2, 0) is 21.6 Å². The molecule has 1 atom stereocenters. The number of aromatic nitrogens is 3. The van der Waals surface area contributed by atoms with E-state index in [0.29, 0.717) is 0 Å². The van der Waals surface area contributed by atoms with Gasteiger partial charge in [-0.05, 0) is 24.8 Å². The molecule has 9 heteroatoms. The lowest BCUT2D eigenvalue weighted by Crippen LogP contribution is -2.38. The van der Waals surface area contributed by atoms with Gasteiger partial charge in [-0.1, -0.05) is 13.8 Å². The second kappa shape index (κ2) is 8.27. The van der Waals surface area contributed by atoms with Crippen LogP contribution in [-0.4, -0.2) is 65.3 Å². The van der Waals surface area contributed by atoms with Crippen molar-refractivity contribution in [3.8, 4) is 0 Å². The first-order valence-corrected chi connectivity index (χ1v) is 13.3. The number of morpholine rings is 1. The van der Waals surface area contributed by atoms with Crippen LogP contribution in [0, 0.1) is 0 Å². The number of nitrogens with zero attached hydrogens (tertiary/aromatic N) is 4. The van der Waals surface area contributed by atoms with E-state index < -0.39 is 0 Å². The molecule has 3 aliphatic heterocycles. The Balaban J connectivity index is 1.49. The average Bonchev–Trinajstić information content (AvgIpc) is 3.45. The van der Waals surface area contributed by atoms with Crippen LogP contribution in [0.1, 0.15) is 37.8 Å². The molecule has 3 aromatic heterocycles. The molecule has 2 saturated heterocycles. The van der Waals surface area contributed by atoms with Crippen molar-refractivity contribution in [3.63, 3.8) is 0 Å². The molecule has 0 spiro atoms. The van der Waals surface area contributed by atoms with Crippen LogP contribution in [0.5, 0.6) is 0 Å². The Labute approximate surface area is 196 Å². The molecule has 32 heavy (non-hydrogen) atoms. The summed E-state index contributed by atoms with van der Waals surface area (Å²) in [5, 5.41) is 4.77. The summed E-state index contributed by atoms with van der Waals surface area (Å²) >= 11 is 3.75. The highest BCUT2D eigenvalue weighted by Crippen LogP contribution is 2.47. The van der Waals surface area contributed by atoms with E-state index in [1.807, 2.05) is 11.8 Å². The first kappa shape index (κ1) is 20.9. The molecule has 3 aromatic rings. The third-order valence-electron chi connectivity index (χ3n) is 6.64. The SMILES string of the molecule is CC1(C)Cc2c(c(N3CCOCC3)nc3sc4c(NCC5CCCO5)ncnc4c23)CS1. The van der Waals surface area contributed by atoms with Crippen LogP contribution < -0.4 is 10.2 Å². The highest BCUT2D eigenvalue weighted by atomic mass is 32.2. The molecule has 1 N–H and O–H groups in total. The Morgan fingerprint density at radius 1 is 1.19 bits per heavy atom. The lowest BCUT2D eigenvalue weighted by atomic mass is 9.94. The summed E-state index contributed by atoms with van der Waals surface area (Å²) in [7, 11) is 0. The van der Waals surface area contributed by atoms with Crippen LogP contribution in [0.4, 0.5) is 11.6 Å². The number of ether oxygens (including phenoxy) is 2. The quantitative estimate of drug-likeness (QED) is 0.606. The van der Waals surface area contributed by atoms with Gasteiger partial charge in [0.15, 0.2) is 0 Å². The predicted molar refractivity (Wildman–Crippen MR) is 132 cm³/mol. The van der Waals surface area contributed by atoms with Crippen molar-refractivity contribution >= 4 is 55.2 Å². The monoisotopic (exact) mass is 471 g/mol. The Morgan fingerprint density at radius 2 is 2.06 bits per heavy atom. The summed E-state index contributed by atoms with van der Waals surface area (Å²) in [5.74, 6) is 3.04. The molecule has 6 heterocycles. The largest absolute Gasteiger partial charge is 0.378 e. The van der Waals surface area contributed by atoms with Crippen LogP contribution in [0.25, 0.3) is 20.4 Å². The van der Waals surface area contributed by atoms with Gasteiger partial charge in [-0.15, -0.1) is 11.3 Å². The minimum absolute atomic E-state index is 0.200. The third-order valence-corrected chi connectivity index (χ3v) is 9.08. The van der Waals surface area contributed by atoms with E-state index >= 15 is 0 Å². The molecule has 7 nitrogen and oxygen atoms in total. The van der Waals surface area contributed by atoms with E-state index in [1.165, 1.54) is 16.5 Å². The maximum Gasteiger partial charge on any atom is 0.147 e. The molecule has 0 saturated carbocycles. The number of fused-ring (bicyclic) bond motifs is 5. The highest BCUT2D eigenvalue weighted by molar-refractivity contribution is 7.99. The Kier molecular flexibility index (Phi) is 5.40. The van der Waals surface area contributed by atoms with Gasteiger partial charge in [-0.3, -0.25) is 0 Å². The van der Waals surface area contributed by atoms with Crippen LogP contribution in [0.2, 0.25) is 0 Å². The molecule has 0 aromatic carbocycles. The molecule has 170 valence electrons. The van der Waals surface area contributed by atoms with Gasteiger partial charge in [0.05, 0.1) is 29.5 Å². The summed E-state index contributed by atoms with van der Waals surface area (Å²) in [6.45, 7) is 9.68. The summed E-state index contributed by atoms with van der Waals surface area (Å²) in [6.07, 6.45) is 5.24. The van der Waals surface area contributed by atoms with Crippen LogP contribution in [0.15, 0.2) is 6.33 Å². The van der Waals surface area contributed by atoms with Gasteiger partial charge in [0, 0.05) is 47.7 Å². The number of anilines is 2. The number of hydrogen-bond donors (Lipinski definition) is 1. The normalized spacial score (nSPS) is 23.1. The molecular weight excluding hydrogens is 442 g/mol. The number of thiophene rings is 1. The second-order valence-corrected chi connectivity index (χ2v) is 12.1. The fraction of sp³-hybridized carbons (Fsp3) is 0.609. The second-order valence-electron chi connectivity index (χ2n) is 9.42. The zero-order chi connectivity index (χ0) is 21.7. The maximum absolute atomic E-state index is 5.79. The van der Waals surface area contributed by atoms with Crippen molar-refractivity contribution in [2.45, 2.75) is 49.7 Å². The number of pyridine rings is 1. The van der Waals surface area contributed by atoms with Crippen molar-refractivity contribution in [1.82, 2.24) is 15.0 Å². The van der Waals surface area contributed by atoms with Crippen molar-refractivity contribution in [2.75, 3.05) is 49.7 Å². The van der Waals surface area contributed by atoms with Crippen molar-refractivity contribution in [2.24, 2.45) is 0 Å². The summed E-state index contributed by atoms with van der Waals surface area (Å²) in [4.78, 5) is 18.1. The van der Waals surface area contributed by atoms with Gasteiger partial charge < -0.3 is 19.7 Å². The molecule has 0 bridgehead atoms. The Morgan fingerprint density at radius 3 is 2.88 bits per heavy atom. The lowest BCUT2D eigenvalue weighted by Gasteiger charge is -2.35. The van der Waals surface area contributed by atoms with Gasteiger partial charge in [0.2, 0.25) is 0 Å². The number of nitrogens with one attached hydrogen (secondary N) is 1. The zero-order valence-corrected chi connectivity index (χ0v) is 20.3. The topological polar surface area (TPSA) is 72.4 Å². The predicted octanol–water partition coefficient (Wildman–Crippen LogP) is 4.23. The molecule has 3 aliphatic rings. The smallest absolute Gasteiger partial charge is 0.147 e. The Hall–Kier alpha value is -1.68. The van der Waals surface area contributed by atoms with Crippen molar-refractivity contribution < 1.29 is 9.47 Å². The summed E-state index contributed by atoms with van der Waals surface area (Å²) in [6, 6.07) is 0. The minimum Gasteiger partial charge on any atom is -0.378 e. The van der Waals surface area contributed by atoms with Crippen LogP contribution in [0.3, 0.4) is 0 Å². The maximum atomic E-state index is 5.79. The molecule has 0 amide bonds. The molecule has 6 rings (SSSR count). The fourth-order valence-corrected chi connectivity index (χ4v) is 7.17. The first-order chi connectivity index (χ1) is 15.6. The van der Waals surface area contributed by atoms with Crippen molar-refractivity contribution in [3.05, 3.63) is 17.5 Å². The number of thioether (sulfide) groups is 1. The zero-order valence-electron chi connectivity index (χ0n) is 18.6. The first-order valence-electron chi connectivity index (χ1n) is 11.5. The summed E-state index contributed by atoms with van der Waals surface area (Å²) < 4.78 is 12.7. The van der Waals surface area contributed by atoms with Gasteiger partial charge in [-0.25, -0.2) is 15.0 Å². The number of hydrogen-bond acceptors (Lipinski definition) is 9. The standard InChI is InChI=1S/C23H29N5O2S2/c1-23(2)10-15-16(12-31-23)21(28-5-8-29-9-6-28)27-22-17(15)18-19(32-22)20(26-13-25-18)24-11-14-4-3-7-30-14/h13-14H,3-12H2,1-2H3,(H,24,25,26). The third kappa shape index (κ3) is 3.73. The van der Waals surface area contributed by atoms with Crippen molar-refractivity contribution in [1.29, 1.82) is 0 Å². The molecule has 1 unspecified atom stereocenters. The fourth-order valence-electron chi connectivity index (χ4n) is 4.97. The van der Waals surface area contributed by atoms with E-state index in [-0.39, 0.29) is 10.9 Å². The van der Waals surface area contributed by atoms with E-state index in [4.69, 9.17) is 19.4 Å². The molecule has 0 aliphatic carbocycles. The Bertz CT molecular complexity index is 1150. The van der Waals surface area contributed by atoms with E-state index in [1.54, 1.807) is 17.7 Å². The van der Waals surface area contributed by atoms with Gasteiger partial charge in [0.25, 0.3) is 0 Å². The molecule has 0 radical (unpaired) electrons. The van der Waals surface area contributed by atoms with E-state index in [0.717, 1.165) is 91.2 Å². The molecule has 2 fully saturated rings. The van der Waals surface area contributed by atoms with Gasteiger partial charge >= 0.3 is 0 Å². The molecular formula is C23H29N5O2S2. The highest BCUT2D eigenvalue weighted by Gasteiger charge is 2.33. The number of rotatable bonds is 4. The van der Waals surface area contributed by atoms with Gasteiger partial charge in [0.1, 0.15) is 22.8 Å². The van der Waals surface area contributed by atoms with Gasteiger partial charge in [-0.2, -0.15) is 11.8 Å². The lowest BCUT2D eigenvalue weighted by molar-refractivity contribution is 0.120. The minimum atomic E-state index is 0.200. The average molecular weight is 472 g/mol. The van der Waals surface area contributed by atoms with E-state index in [9.17, 15) is 0 Å². The van der Waals surface area contributed by atoms with E-state index in [2.05, 4.69) is 29.0 Å². The summed E-state index contributed by atoms with van der Waals surface area (Å²) in [5.41, 5.74) is 3.85.